The Kier molecular flexibility index (Phi) is 5.97. The molecule has 0 saturated carbocycles. The summed E-state index contributed by atoms with van der Waals surface area (Å²) in [7, 11) is 0. The predicted molar refractivity (Wildman–Crippen MR) is 85.4 cm³/mol. The van der Waals surface area contributed by atoms with E-state index in [4.69, 9.17) is 5.73 Å². The van der Waals surface area contributed by atoms with Gasteiger partial charge in [-0.15, -0.1) is 0 Å². The van der Waals surface area contributed by atoms with Gasteiger partial charge in [0.15, 0.2) is 0 Å². The van der Waals surface area contributed by atoms with Crippen molar-refractivity contribution in [2.45, 2.75) is 19.3 Å². The fourth-order valence-electron chi connectivity index (χ4n) is 2.39. The molecule has 0 radical (unpaired) electrons. The summed E-state index contributed by atoms with van der Waals surface area (Å²) in [4.78, 5) is 16.9. The summed E-state index contributed by atoms with van der Waals surface area (Å²) in [5, 5.41) is 2.39. The van der Waals surface area contributed by atoms with Crippen molar-refractivity contribution in [3.05, 3.63) is 42.1 Å². The van der Waals surface area contributed by atoms with Gasteiger partial charge in [0.05, 0.1) is 5.69 Å². The molecule has 1 aromatic rings. The summed E-state index contributed by atoms with van der Waals surface area (Å²) in [6, 6.07) is 8.12. The van der Waals surface area contributed by atoms with Crippen molar-refractivity contribution in [3.63, 3.8) is 0 Å². The van der Waals surface area contributed by atoms with E-state index in [1.54, 1.807) is 6.08 Å². The zero-order valence-electron chi connectivity index (χ0n) is 12.2. The van der Waals surface area contributed by atoms with Crippen molar-refractivity contribution in [1.29, 1.82) is 0 Å². The molecule has 1 aliphatic heterocycles. The van der Waals surface area contributed by atoms with E-state index in [2.05, 4.69) is 27.3 Å². The molecular formula is C16H22N4O. The summed E-state index contributed by atoms with van der Waals surface area (Å²) >= 11 is 0. The van der Waals surface area contributed by atoms with E-state index in [1.807, 2.05) is 12.1 Å². The maximum Gasteiger partial charge on any atom is 0.211 e. The highest BCUT2D eigenvalue weighted by molar-refractivity contribution is 5.93. The van der Waals surface area contributed by atoms with E-state index in [0.29, 0.717) is 12.2 Å². The molecule has 0 spiro atoms. The Balaban J connectivity index is 1.85. The molecule has 21 heavy (non-hydrogen) atoms. The van der Waals surface area contributed by atoms with Crippen LogP contribution in [-0.2, 0) is 11.2 Å². The van der Waals surface area contributed by atoms with Gasteiger partial charge in [0.25, 0.3) is 0 Å². The van der Waals surface area contributed by atoms with Crippen LogP contribution in [0.15, 0.2) is 41.5 Å². The lowest BCUT2D eigenvalue weighted by Gasteiger charge is -2.14. The molecular weight excluding hydrogens is 264 g/mol. The maximum atomic E-state index is 10.1. The maximum absolute atomic E-state index is 10.1. The molecule has 5 heteroatoms. The molecule has 112 valence electrons. The summed E-state index contributed by atoms with van der Waals surface area (Å²) < 4.78 is 0. The third-order valence-electron chi connectivity index (χ3n) is 3.53. The van der Waals surface area contributed by atoms with Crippen molar-refractivity contribution >= 4 is 17.9 Å². The van der Waals surface area contributed by atoms with Gasteiger partial charge in [-0.1, -0.05) is 12.1 Å². The Labute approximate surface area is 125 Å². The van der Waals surface area contributed by atoms with E-state index in [-0.39, 0.29) is 0 Å². The number of nitrogens with two attached hydrogens (primary N) is 1. The Bertz CT molecular complexity index is 502. The van der Waals surface area contributed by atoms with Gasteiger partial charge in [-0.2, -0.15) is 0 Å². The number of hydrogen-bond acceptors (Lipinski definition) is 3. The number of hydrogen-bond donors (Lipinski definition) is 2. The number of nitrogens with one attached hydrogen (secondary N) is 1. The van der Waals surface area contributed by atoms with Crippen LogP contribution >= 0.6 is 0 Å². The number of aliphatic imine (C=N–C) groups is 1. The molecule has 0 aliphatic carbocycles. The zero-order chi connectivity index (χ0) is 14.9. The first-order chi connectivity index (χ1) is 10.3. The minimum absolute atomic E-state index is 0.356. The van der Waals surface area contributed by atoms with Crippen LogP contribution in [0.1, 0.15) is 18.4 Å². The van der Waals surface area contributed by atoms with Gasteiger partial charge in [0.2, 0.25) is 6.41 Å². The number of carbonyl (C=O) groups is 1. The number of carbonyl (C=O) groups excluding carboxylic acids is 1. The van der Waals surface area contributed by atoms with E-state index < -0.39 is 0 Å². The fraction of sp³-hybridized carbons (Fsp3) is 0.375. The van der Waals surface area contributed by atoms with Crippen molar-refractivity contribution in [2.75, 3.05) is 19.6 Å². The lowest BCUT2D eigenvalue weighted by Crippen LogP contribution is -2.21. The van der Waals surface area contributed by atoms with Gasteiger partial charge >= 0.3 is 0 Å². The minimum Gasteiger partial charge on any atom is -0.384 e. The average Bonchev–Trinajstić information content (AvgIpc) is 3.00. The molecule has 1 aliphatic rings. The Morgan fingerprint density at radius 3 is 2.67 bits per heavy atom. The number of likely N-dealkylation sites (tertiary alicyclic amines) is 1. The summed E-state index contributed by atoms with van der Waals surface area (Å²) in [6.45, 7) is 3.60. The van der Waals surface area contributed by atoms with Crippen molar-refractivity contribution in [3.8, 4) is 0 Å². The van der Waals surface area contributed by atoms with Crippen LogP contribution in [0, 0.1) is 0 Å². The molecule has 0 unspecified atom stereocenters. The molecule has 1 saturated heterocycles. The first-order valence-electron chi connectivity index (χ1n) is 7.29. The number of benzene rings is 1. The lowest BCUT2D eigenvalue weighted by molar-refractivity contribution is -0.108. The standard InChI is InChI=1S/C16H22N4O/c17-16(7-9-18-13-21)19-15-5-3-14(4-6-15)8-12-20-10-1-2-11-20/h3-7,9,13H,1-2,8,10-12H2,(H2,17,19)(H,18,21)/b9-7-. The summed E-state index contributed by atoms with van der Waals surface area (Å²) in [6.07, 6.45) is 7.33. The van der Waals surface area contributed by atoms with Crippen molar-refractivity contribution in [1.82, 2.24) is 10.2 Å². The molecule has 2 rings (SSSR count). The number of amidine groups is 1. The Morgan fingerprint density at radius 2 is 2.00 bits per heavy atom. The molecule has 1 amide bonds. The number of amides is 1. The molecule has 0 aromatic heterocycles. The highest BCUT2D eigenvalue weighted by Gasteiger charge is 2.10. The van der Waals surface area contributed by atoms with E-state index in [9.17, 15) is 4.79 Å². The van der Waals surface area contributed by atoms with Crippen LogP contribution in [0.3, 0.4) is 0 Å². The second-order valence-electron chi connectivity index (χ2n) is 5.12. The predicted octanol–water partition coefficient (Wildman–Crippen LogP) is 1.57. The quantitative estimate of drug-likeness (QED) is 0.454. The molecule has 0 atom stereocenters. The van der Waals surface area contributed by atoms with Crippen LogP contribution in [0.4, 0.5) is 5.69 Å². The molecule has 3 N–H and O–H groups in total. The topological polar surface area (TPSA) is 70.7 Å². The van der Waals surface area contributed by atoms with Crippen LogP contribution in [0.25, 0.3) is 0 Å². The largest absolute Gasteiger partial charge is 0.384 e. The summed E-state index contributed by atoms with van der Waals surface area (Å²) in [5.41, 5.74) is 7.86. The minimum atomic E-state index is 0.356. The Hall–Kier alpha value is -2.14. The summed E-state index contributed by atoms with van der Waals surface area (Å²) in [5.74, 6) is 0.356. The van der Waals surface area contributed by atoms with Gasteiger partial charge in [-0.05, 0) is 56.1 Å². The van der Waals surface area contributed by atoms with Crippen molar-refractivity contribution < 1.29 is 4.79 Å². The van der Waals surface area contributed by atoms with Gasteiger partial charge in [0.1, 0.15) is 5.84 Å². The van der Waals surface area contributed by atoms with E-state index in [1.165, 1.54) is 37.7 Å². The molecule has 1 heterocycles. The monoisotopic (exact) mass is 286 g/mol. The van der Waals surface area contributed by atoms with Crippen molar-refractivity contribution in [2.24, 2.45) is 10.7 Å². The normalized spacial score (nSPS) is 16.5. The molecule has 1 fully saturated rings. The SMILES string of the molecule is NC(/C=C\NC=O)=Nc1ccc(CCN2CCCC2)cc1. The Morgan fingerprint density at radius 1 is 1.29 bits per heavy atom. The van der Waals surface area contributed by atoms with E-state index >= 15 is 0 Å². The number of nitrogens with zero attached hydrogens (tertiary/aromatic N) is 2. The fourth-order valence-corrected chi connectivity index (χ4v) is 2.39. The van der Waals surface area contributed by atoms with Gasteiger partial charge in [-0.25, -0.2) is 4.99 Å². The molecule has 0 bridgehead atoms. The smallest absolute Gasteiger partial charge is 0.211 e. The van der Waals surface area contributed by atoms with Gasteiger partial charge in [-0.3, -0.25) is 4.79 Å². The van der Waals surface area contributed by atoms with Gasteiger partial charge in [0, 0.05) is 12.7 Å². The van der Waals surface area contributed by atoms with Crippen LogP contribution in [0.2, 0.25) is 0 Å². The third-order valence-corrected chi connectivity index (χ3v) is 3.53. The highest BCUT2D eigenvalue weighted by Crippen LogP contribution is 2.15. The second-order valence-corrected chi connectivity index (χ2v) is 5.12. The lowest BCUT2D eigenvalue weighted by atomic mass is 10.1. The average molecular weight is 286 g/mol. The zero-order valence-corrected chi connectivity index (χ0v) is 12.2. The first-order valence-corrected chi connectivity index (χ1v) is 7.29. The van der Waals surface area contributed by atoms with Gasteiger partial charge < -0.3 is 16.0 Å². The number of rotatable bonds is 7. The second kappa shape index (κ2) is 8.21. The van der Waals surface area contributed by atoms with Crippen LogP contribution in [-0.4, -0.2) is 36.8 Å². The molecule has 5 nitrogen and oxygen atoms in total. The van der Waals surface area contributed by atoms with E-state index in [0.717, 1.165) is 18.7 Å². The first kappa shape index (κ1) is 15.3. The van der Waals surface area contributed by atoms with Crippen LogP contribution in [0.5, 0.6) is 0 Å². The highest BCUT2D eigenvalue weighted by atomic mass is 16.1. The molecule has 1 aromatic carbocycles. The van der Waals surface area contributed by atoms with Crippen LogP contribution < -0.4 is 11.1 Å². The third kappa shape index (κ3) is 5.39.